The maximum Gasteiger partial charge on any atom is 0.321 e. The van der Waals surface area contributed by atoms with Crippen LogP contribution in [0, 0.1) is 10.1 Å². The second-order valence-corrected chi connectivity index (χ2v) is 6.87. The summed E-state index contributed by atoms with van der Waals surface area (Å²) in [6.45, 7) is 0.289. The first-order valence-corrected chi connectivity index (χ1v) is 9.53. The number of aliphatic carboxylic acids is 1. The van der Waals surface area contributed by atoms with Crippen LogP contribution in [0.5, 0.6) is 11.5 Å². The quantitative estimate of drug-likeness (QED) is 0.350. The fourth-order valence-electron chi connectivity index (χ4n) is 2.78. The number of amides is 1. The zero-order valence-electron chi connectivity index (χ0n) is 16.9. The minimum absolute atomic E-state index is 0.0373. The number of benzene rings is 2. The fraction of sp³-hybridized carbons (Fsp3) is 0.300. The van der Waals surface area contributed by atoms with Crippen molar-refractivity contribution in [1.29, 1.82) is 0 Å². The zero-order valence-corrected chi connectivity index (χ0v) is 17.6. The van der Waals surface area contributed by atoms with E-state index in [-0.39, 0.29) is 29.4 Å². The van der Waals surface area contributed by atoms with Gasteiger partial charge >= 0.3 is 5.97 Å². The molecule has 0 aliphatic rings. The van der Waals surface area contributed by atoms with Crippen molar-refractivity contribution in [2.24, 2.45) is 0 Å². The van der Waals surface area contributed by atoms with Crippen LogP contribution in [0.15, 0.2) is 36.4 Å². The average molecular weight is 452 g/mol. The summed E-state index contributed by atoms with van der Waals surface area (Å²) in [4.78, 5) is 34.1. The molecule has 166 valence electrons. The van der Waals surface area contributed by atoms with Crippen LogP contribution in [0.1, 0.15) is 12.0 Å². The van der Waals surface area contributed by atoms with Crippen LogP contribution in [0.2, 0.25) is 5.02 Å². The molecule has 0 saturated heterocycles. The number of nitro benzene ring substituents is 1. The minimum atomic E-state index is -1.20. The molecule has 3 N–H and O–H groups in total. The molecule has 1 unspecified atom stereocenters. The number of rotatable bonds is 11. The molecule has 2 aromatic rings. The van der Waals surface area contributed by atoms with Crippen molar-refractivity contribution in [2.75, 3.05) is 26.1 Å². The van der Waals surface area contributed by atoms with Gasteiger partial charge in [-0.1, -0.05) is 17.7 Å². The third kappa shape index (κ3) is 6.83. The number of carboxylic acids is 1. The highest BCUT2D eigenvalue weighted by Gasteiger charge is 2.22. The van der Waals surface area contributed by atoms with Crippen LogP contribution in [0.25, 0.3) is 0 Å². The predicted molar refractivity (Wildman–Crippen MR) is 114 cm³/mol. The monoisotopic (exact) mass is 451 g/mol. The van der Waals surface area contributed by atoms with Crippen LogP contribution >= 0.6 is 11.6 Å². The number of nitrogens with one attached hydrogen (secondary N) is 2. The topological polar surface area (TPSA) is 140 Å². The number of hydrogen-bond acceptors (Lipinski definition) is 7. The van der Waals surface area contributed by atoms with E-state index in [2.05, 4.69) is 10.6 Å². The van der Waals surface area contributed by atoms with Gasteiger partial charge in [0, 0.05) is 12.1 Å². The molecule has 31 heavy (non-hydrogen) atoms. The lowest BCUT2D eigenvalue weighted by atomic mass is 10.1. The van der Waals surface area contributed by atoms with Crippen LogP contribution in [0.3, 0.4) is 0 Å². The normalized spacial score (nSPS) is 11.5. The number of ether oxygens (including phenoxy) is 2. The van der Waals surface area contributed by atoms with Crippen molar-refractivity contribution in [1.82, 2.24) is 5.32 Å². The fourth-order valence-corrected chi connectivity index (χ4v) is 2.95. The largest absolute Gasteiger partial charge is 0.493 e. The molecule has 0 heterocycles. The Balaban J connectivity index is 1.96. The van der Waals surface area contributed by atoms with E-state index in [9.17, 15) is 24.8 Å². The van der Waals surface area contributed by atoms with Gasteiger partial charge in [0.15, 0.2) is 11.5 Å². The third-order valence-corrected chi connectivity index (χ3v) is 4.70. The molecule has 11 heteroatoms. The van der Waals surface area contributed by atoms with E-state index in [1.165, 1.54) is 26.4 Å². The Bertz CT molecular complexity index is 968. The number of non-ortho nitro benzene ring substituents is 1. The zero-order chi connectivity index (χ0) is 23.0. The van der Waals surface area contributed by atoms with Gasteiger partial charge < -0.3 is 25.2 Å². The van der Waals surface area contributed by atoms with Gasteiger partial charge in [0.05, 0.1) is 36.3 Å². The molecular formula is C20H22ClN3O7. The Morgan fingerprint density at radius 3 is 2.48 bits per heavy atom. The summed E-state index contributed by atoms with van der Waals surface area (Å²) >= 11 is 5.95. The van der Waals surface area contributed by atoms with Crippen LogP contribution in [0.4, 0.5) is 11.4 Å². The van der Waals surface area contributed by atoms with Gasteiger partial charge in [-0.3, -0.25) is 19.7 Å². The number of anilines is 1. The lowest BCUT2D eigenvalue weighted by Crippen LogP contribution is -2.40. The first-order valence-electron chi connectivity index (χ1n) is 9.16. The highest BCUT2D eigenvalue weighted by Crippen LogP contribution is 2.28. The van der Waals surface area contributed by atoms with E-state index in [0.717, 1.165) is 11.6 Å². The molecule has 0 bridgehead atoms. The molecule has 10 nitrogen and oxygen atoms in total. The number of nitro groups is 1. The second kappa shape index (κ2) is 11.1. The SMILES string of the molecule is COc1ccc(CCNC(CC(=O)Nc2cc([N+](=O)[O-])ccc2Cl)C(=O)O)cc1OC. The number of carboxylic acid groups (broad SMARTS) is 1. The van der Waals surface area contributed by atoms with Gasteiger partial charge in [-0.2, -0.15) is 0 Å². The lowest BCUT2D eigenvalue weighted by molar-refractivity contribution is -0.384. The van der Waals surface area contributed by atoms with E-state index in [1.807, 2.05) is 6.07 Å². The lowest BCUT2D eigenvalue weighted by Gasteiger charge is -2.15. The van der Waals surface area contributed by atoms with Crippen molar-refractivity contribution in [3.05, 3.63) is 57.1 Å². The van der Waals surface area contributed by atoms with E-state index >= 15 is 0 Å². The molecule has 0 saturated carbocycles. The Labute approximate surface area is 183 Å². The second-order valence-electron chi connectivity index (χ2n) is 6.46. The van der Waals surface area contributed by atoms with Crippen LogP contribution in [-0.2, 0) is 16.0 Å². The summed E-state index contributed by atoms with van der Waals surface area (Å²) in [7, 11) is 3.05. The summed E-state index contributed by atoms with van der Waals surface area (Å²) in [5, 5.41) is 25.6. The summed E-state index contributed by atoms with van der Waals surface area (Å²) in [6, 6.07) is 7.81. The van der Waals surface area contributed by atoms with Crippen molar-refractivity contribution >= 4 is 34.9 Å². The van der Waals surface area contributed by atoms with Gasteiger partial charge in [-0.25, -0.2) is 0 Å². The number of carbonyl (C=O) groups excluding carboxylic acids is 1. The summed E-state index contributed by atoms with van der Waals surface area (Å²) in [5.74, 6) is -0.705. The molecule has 1 atom stereocenters. The minimum Gasteiger partial charge on any atom is -0.493 e. The summed E-state index contributed by atoms with van der Waals surface area (Å²) in [5.41, 5.74) is 0.681. The van der Waals surface area contributed by atoms with Crippen molar-refractivity contribution < 1.29 is 29.1 Å². The van der Waals surface area contributed by atoms with E-state index in [0.29, 0.717) is 17.9 Å². The number of nitrogens with zero attached hydrogens (tertiary/aromatic N) is 1. The average Bonchev–Trinajstić information content (AvgIpc) is 2.74. The first kappa shape index (κ1) is 23.9. The Morgan fingerprint density at radius 2 is 1.87 bits per heavy atom. The van der Waals surface area contributed by atoms with E-state index < -0.39 is 22.8 Å². The maximum atomic E-state index is 12.3. The van der Waals surface area contributed by atoms with Gasteiger partial charge in [-0.15, -0.1) is 0 Å². The van der Waals surface area contributed by atoms with Crippen LogP contribution in [-0.4, -0.2) is 48.7 Å². The molecule has 0 spiro atoms. The van der Waals surface area contributed by atoms with Crippen molar-refractivity contribution in [2.45, 2.75) is 18.9 Å². The van der Waals surface area contributed by atoms with Crippen molar-refractivity contribution in [3.63, 3.8) is 0 Å². The van der Waals surface area contributed by atoms with Gasteiger partial charge in [0.1, 0.15) is 6.04 Å². The molecule has 2 rings (SSSR count). The highest BCUT2D eigenvalue weighted by atomic mass is 35.5. The van der Waals surface area contributed by atoms with Gasteiger partial charge in [0.25, 0.3) is 5.69 Å². The molecule has 2 aromatic carbocycles. The van der Waals surface area contributed by atoms with Gasteiger partial charge in [-0.05, 0) is 36.7 Å². The maximum absolute atomic E-state index is 12.3. The Hall–Kier alpha value is -3.37. The van der Waals surface area contributed by atoms with Gasteiger partial charge in [0.2, 0.25) is 5.91 Å². The number of hydrogen-bond donors (Lipinski definition) is 3. The summed E-state index contributed by atoms with van der Waals surface area (Å²) in [6.07, 6.45) is 0.0999. The third-order valence-electron chi connectivity index (χ3n) is 4.37. The van der Waals surface area contributed by atoms with Crippen molar-refractivity contribution in [3.8, 4) is 11.5 Å². The number of methoxy groups -OCH3 is 2. The molecule has 0 aliphatic carbocycles. The number of carbonyl (C=O) groups is 2. The first-order chi connectivity index (χ1) is 14.7. The Kier molecular flexibility index (Phi) is 8.59. The summed E-state index contributed by atoms with van der Waals surface area (Å²) < 4.78 is 10.4. The smallest absolute Gasteiger partial charge is 0.321 e. The Morgan fingerprint density at radius 1 is 1.16 bits per heavy atom. The molecule has 0 fully saturated rings. The predicted octanol–water partition coefficient (Wildman–Crippen LogP) is 2.88. The van der Waals surface area contributed by atoms with Crippen LogP contribution < -0.4 is 20.1 Å². The number of halogens is 1. The molecular weight excluding hydrogens is 430 g/mol. The molecule has 0 aromatic heterocycles. The molecule has 0 radical (unpaired) electrons. The van der Waals surface area contributed by atoms with E-state index in [4.69, 9.17) is 21.1 Å². The van der Waals surface area contributed by atoms with E-state index in [1.54, 1.807) is 12.1 Å². The highest BCUT2D eigenvalue weighted by molar-refractivity contribution is 6.33. The molecule has 1 amide bonds. The standard InChI is InChI=1S/C20H22ClN3O7/c1-30-17-6-3-12(9-18(17)31-2)7-8-22-16(20(26)27)11-19(25)23-15-10-13(24(28)29)4-5-14(15)21/h3-6,9-10,16,22H,7-8,11H2,1-2H3,(H,23,25)(H,26,27). The molecule has 0 aliphatic heterocycles.